The monoisotopic (exact) mass is 334 g/mol. The largest absolute Gasteiger partial charge is 0.452 e. The van der Waals surface area contributed by atoms with Gasteiger partial charge in [0, 0.05) is 6.04 Å². The summed E-state index contributed by atoms with van der Waals surface area (Å²) in [6.45, 7) is 7.35. The second kappa shape index (κ2) is 9.70. The van der Waals surface area contributed by atoms with Crippen LogP contribution < -0.4 is 10.6 Å². The van der Waals surface area contributed by atoms with Crippen LogP contribution in [0.4, 0.5) is 0 Å². The molecule has 0 atom stereocenters. The van der Waals surface area contributed by atoms with E-state index in [4.69, 9.17) is 4.74 Å². The first-order chi connectivity index (χ1) is 11.3. The Labute approximate surface area is 143 Å². The first kappa shape index (κ1) is 19.7. The highest BCUT2D eigenvalue weighted by atomic mass is 16.5. The van der Waals surface area contributed by atoms with Crippen LogP contribution in [0.5, 0.6) is 0 Å². The summed E-state index contributed by atoms with van der Waals surface area (Å²) in [6, 6.07) is 7.15. The van der Waals surface area contributed by atoms with Gasteiger partial charge in [0.25, 0.3) is 5.91 Å². The molecule has 6 heteroatoms. The molecule has 132 valence electrons. The van der Waals surface area contributed by atoms with Crippen molar-refractivity contribution in [2.24, 2.45) is 5.92 Å². The fraction of sp³-hybridized carbons (Fsp3) is 0.500. The summed E-state index contributed by atoms with van der Waals surface area (Å²) in [4.78, 5) is 34.9. The summed E-state index contributed by atoms with van der Waals surface area (Å²) >= 11 is 0. The molecule has 0 heterocycles. The highest BCUT2D eigenvalue weighted by Gasteiger charge is 2.11. The Hall–Kier alpha value is -2.37. The third-order valence-corrected chi connectivity index (χ3v) is 3.06. The normalized spacial score (nSPS) is 10.6. The second-order valence-corrected chi connectivity index (χ2v) is 6.37. The number of amides is 2. The predicted octanol–water partition coefficient (Wildman–Crippen LogP) is 1.68. The fourth-order valence-electron chi connectivity index (χ4n) is 2.07. The third-order valence-electron chi connectivity index (χ3n) is 3.06. The van der Waals surface area contributed by atoms with Crippen molar-refractivity contribution in [3.05, 3.63) is 35.4 Å². The lowest BCUT2D eigenvalue weighted by Gasteiger charge is -2.10. The highest BCUT2D eigenvalue weighted by Crippen LogP contribution is 2.10. The van der Waals surface area contributed by atoms with Gasteiger partial charge in [0.15, 0.2) is 6.61 Å². The van der Waals surface area contributed by atoms with Gasteiger partial charge in [-0.15, -0.1) is 0 Å². The quantitative estimate of drug-likeness (QED) is 0.709. The molecule has 0 aliphatic heterocycles. The summed E-state index contributed by atoms with van der Waals surface area (Å²) in [5.41, 5.74) is 1.54. The number of carbonyl (C=O) groups is 3. The molecule has 0 spiro atoms. The Morgan fingerprint density at radius 2 is 1.62 bits per heavy atom. The summed E-state index contributed by atoms with van der Waals surface area (Å²) in [5.74, 6) is -0.823. The van der Waals surface area contributed by atoms with Gasteiger partial charge in [0.1, 0.15) is 0 Å². The van der Waals surface area contributed by atoms with Crippen LogP contribution in [0.25, 0.3) is 0 Å². The number of hydrogen-bond acceptors (Lipinski definition) is 4. The Balaban J connectivity index is 2.37. The first-order valence-electron chi connectivity index (χ1n) is 8.10. The van der Waals surface area contributed by atoms with Crippen LogP contribution in [0.1, 0.15) is 43.6 Å². The van der Waals surface area contributed by atoms with Crippen molar-refractivity contribution in [1.82, 2.24) is 10.6 Å². The average molecular weight is 334 g/mol. The van der Waals surface area contributed by atoms with Crippen molar-refractivity contribution in [2.45, 2.75) is 40.2 Å². The van der Waals surface area contributed by atoms with E-state index in [1.54, 1.807) is 12.1 Å². The molecule has 0 fully saturated rings. The number of benzene rings is 1. The SMILES string of the molecule is CC(C)Cc1ccc(C(=O)OCC(=O)NCC(=O)NC(C)C)cc1. The summed E-state index contributed by atoms with van der Waals surface area (Å²) < 4.78 is 4.94. The molecular weight excluding hydrogens is 308 g/mol. The van der Waals surface area contributed by atoms with Crippen LogP contribution >= 0.6 is 0 Å². The van der Waals surface area contributed by atoms with Gasteiger partial charge in [-0.05, 0) is 43.9 Å². The van der Waals surface area contributed by atoms with E-state index in [0.29, 0.717) is 11.5 Å². The molecule has 1 rings (SSSR count). The fourth-order valence-corrected chi connectivity index (χ4v) is 2.07. The molecule has 0 radical (unpaired) electrons. The van der Waals surface area contributed by atoms with Gasteiger partial charge in [-0.1, -0.05) is 26.0 Å². The molecule has 0 bridgehead atoms. The van der Waals surface area contributed by atoms with Gasteiger partial charge in [0.05, 0.1) is 12.1 Å². The number of hydrogen-bond donors (Lipinski definition) is 2. The average Bonchev–Trinajstić information content (AvgIpc) is 2.50. The van der Waals surface area contributed by atoms with Gasteiger partial charge < -0.3 is 15.4 Å². The van der Waals surface area contributed by atoms with Crippen molar-refractivity contribution < 1.29 is 19.1 Å². The zero-order valence-corrected chi connectivity index (χ0v) is 14.7. The lowest BCUT2D eigenvalue weighted by Crippen LogP contribution is -2.41. The highest BCUT2D eigenvalue weighted by molar-refractivity contribution is 5.92. The van der Waals surface area contributed by atoms with Gasteiger partial charge >= 0.3 is 5.97 Å². The minimum absolute atomic E-state index is 0.00546. The molecule has 0 aliphatic rings. The van der Waals surface area contributed by atoms with E-state index in [1.165, 1.54) is 0 Å². The molecule has 0 aliphatic carbocycles. The van der Waals surface area contributed by atoms with E-state index in [1.807, 2.05) is 26.0 Å². The van der Waals surface area contributed by atoms with Crippen molar-refractivity contribution in [3.8, 4) is 0 Å². The first-order valence-corrected chi connectivity index (χ1v) is 8.10. The van der Waals surface area contributed by atoms with E-state index in [9.17, 15) is 14.4 Å². The van der Waals surface area contributed by atoms with Crippen LogP contribution in [0.2, 0.25) is 0 Å². The van der Waals surface area contributed by atoms with Crippen molar-refractivity contribution in [1.29, 1.82) is 0 Å². The lowest BCUT2D eigenvalue weighted by molar-refractivity contribution is -0.128. The molecule has 0 unspecified atom stereocenters. The van der Waals surface area contributed by atoms with E-state index in [0.717, 1.165) is 12.0 Å². The van der Waals surface area contributed by atoms with Crippen LogP contribution in [0, 0.1) is 5.92 Å². The van der Waals surface area contributed by atoms with Crippen molar-refractivity contribution in [2.75, 3.05) is 13.2 Å². The minimum atomic E-state index is -0.562. The van der Waals surface area contributed by atoms with Gasteiger partial charge in [-0.25, -0.2) is 4.79 Å². The summed E-state index contributed by atoms with van der Waals surface area (Å²) in [7, 11) is 0. The van der Waals surface area contributed by atoms with E-state index >= 15 is 0 Å². The zero-order valence-electron chi connectivity index (χ0n) is 14.7. The number of nitrogens with one attached hydrogen (secondary N) is 2. The molecule has 6 nitrogen and oxygen atoms in total. The number of carbonyl (C=O) groups excluding carboxylic acids is 3. The third kappa shape index (κ3) is 7.76. The number of esters is 1. The molecule has 24 heavy (non-hydrogen) atoms. The Morgan fingerprint density at radius 3 is 2.17 bits per heavy atom. The maximum atomic E-state index is 11.9. The van der Waals surface area contributed by atoms with Crippen molar-refractivity contribution in [3.63, 3.8) is 0 Å². The maximum absolute atomic E-state index is 11.9. The predicted molar refractivity (Wildman–Crippen MR) is 91.6 cm³/mol. The lowest BCUT2D eigenvalue weighted by atomic mass is 10.0. The topological polar surface area (TPSA) is 84.5 Å². The number of rotatable bonds is 8. The molecule has 0 saturated carbocycles. The Bertz CT molecular complexity index is 565. The molecule has 2 amide bonds. The van der Waals surface area contributed by atoms with Gasteiger partial charge in [-0.2, -0.15) is 0 Å². The molecule has 0 aromatic heterocycles. The summed E-state index contributed by atoms with van der Waals surface area (Å²) in [6.07, 6.45) is 0.941. The van der Waals surface area contributed by atoms with E-state index in [-0.39, 0.29) is 18.5 Å². The minimum Gasteiger partial charge on any atom is -0.452 e. The maximum Gasteiger partial charge on any atom is 0.338 e. The molecular formula is C18H26N2O4. The molecule has 0 saturated heterocycles. The number of ether oxygens (including phenoxy) is 1. The van der Waals surface area contributed by atoms with Crippen LogP contribution in [0.15, 0.2) is 24.3 Å². The van der Waals surface area contributed by atoms with Crippen LogP contribution in [-0.4, -0.2) is 37.0 Å². The molecule has 1 aromatic rings. The molecule has 2 N–H and O–H groups in total. The van der Waals surface area contributed by atoms with Crippen molar-refractivity contribution >= 4 is 17.8 Å². The second-order valence-electron chi connectivity index (χ2n) is 6.37. The smallest absolute Gasteiger partial charge is 0.338 e. The van der Waals surface area contributed by atoms with Gasteiger partial charge in [-0.3, -0.25) is 9.59 Å². The summed E-state index contributed by atoms with van der Waals surface area (Å²) in [5, 5.41) is 5.04. The van der Waals surface area contributed by atoms with E-state index < -0.39 is 18.5 Å². The van der Waals surface area contributed by atoms with Gasteiger partial charge in [0.2, 0.25) is 5.91 Å². The van der Waals surface area contributed by atoms with E-state index in [2.05, 4.69) is 24.5 Å². The van der Waals surface area contributed by atoms with Crippen LogP contribution in [-0.2, 0) is 20.7 Å². The molecule has 1 aromatic carbocycles. The van der Waals surface area contributed by atoms with Crippen LogP contribution in [0.3, 0.4) is 0 Å². The standard InChI is InChI=1S/C18H26N2O4/c1-12(2)9-14-5-7-15(8-6-14)18(23)24-11-17(22)19-10-16(21)20-13(3)4/h5-8,12-13H,9-11H2,1-4H3,(H,19,22)(H,20,21). The Morgan fingerprint density at radius 1 is 1.00 bits per heavy atom. The zero-order chi connectivity index (χ0) is 18.1. The Kier molecular flexibility index (Phi) is 7.95.